The maximum atomic E-state index is 13.1. The van der Waals surface area contributed by atoms with Gasteiger partial charge in [-0.3, -0.25) is 14.5 Å². The average Bonchev–Trinajstić information content (AvgIpc) is 3.20. The van der Waals surface area contributed by atoms with Gasteiger partial charge in [0.25, 0.3) is 11.8 Å². The number of halogens is 3. The monoisotopic (exact) mass is 588 g/mol. The molecule has 1 fully saturated rings. The summed E-state index contributed by atoms with van der Waals surface area (Å²) < 4.78 is 55.6. The van der Waals surface area contributed by atoms with Crippen molar-refractivity contribution in [1.29, 1.82) is 0 Å². The molecule has 7 nitrogen and oxygen atoms in total. The van der Waals surface area contributed by atoms with Crippen molar-refractivity contribution in [3.63, 3.8) is 0 Å². The molecule has 2 amide bonds. The van der Waals surface area contributed by atoms with E-state index in [1.807, 2.05) is 0 Å². The Labute approximate surface area is 237 Å². The van der Waals surface area contributed by atoms with Gasteiger partial charge in [0.05, 0.1) is 29.9 Å². The molecular formula is C28H23F3N2O5S2. The van der Waals surface area contributed by atoms with E-state index in [4.69, 9.17) is 26.4 Å². The summed E-state index contributed by atoms with van der Waals surface area (Å²) in [5, 5.41) is 2.39. The molecular weight excluding hydrogens is 565 g/mol. The largest absolute Gasteiger partial charge is 0.497 e. The molecule has 3 aromatic carbocycles. The van der Waals surface area contributed by atoms with E-state index in [0.29, 0.717) is 38.6 Å². The van der Waals surface area contributed by atoms with Gasteiger partial charge in [0.15, 0.2) is 22.4 Å². The standard InChI is InChI=1S/C28H23F3N2O5S2/c1-3-37-23-13-17(14-24-26(35)33(27(39)40-24)20-8-10-21(36-2)11-9-20)7-12-22(23)38-16-25(34)32-19-6-4-5-18(15-19)28(29,30)31/h4-15H,3,16H2,1-2H3,(H,32,34)/b24-14-. The number of thiocarbonyl (C=S) groups is 1. The number of rotatable bonds is 9. The Balaban J connectivity index is 1.45. The quantitative estimate of drug-likeness (QED) is 0.225. The lowest BCUT2D eigenvalue weighted by Gasteiger charge is -2.15. The van der Waals surface area contributed by atoms with Crippen LogP contribution < -0.4 is 24.4 Å². The van der Waals surface area contributed by atoms with Gasteiger partial charge in [-0.25, -0.2) is 0 Å². The molecule has 1 saturated heterocycles. The van der Waals surface area contributed by atoms with E-state index in [0.717, 1.165) is 23.9 Å². The number of methoxy groups -OCH3 is 1. The van der Waals surface area contributed by atoms with Crippen molar-refractivity contribution >= 4 is 57.6 Å². The molecule has 0 radical (unpaired) electrons. The van der Waals surface area contributed by atoms with E-state index in [-0.39, 0.29) is 17.3 Å². The molecule has 12 heteroatoms. The highest BCUT2D eigenvalue weighted by Crippen LogP contribution is 2.38. The van der Waals surface area contributed by atoms with E-state index in [1.54, 1.807) is 62.6 Å². The summed E-state index contributed by atoms with van der Waals surface area (Å²) in [6.07, 6.45) is -2.85. The SMILES string of the molecule is CCOc1cc(/C=C2\SC(=S)N(c3ccc(OC)cc3)C2=O)ccc1OCC(=O)Nc1cccc(C(F)(F)F)c1. The molecule has 0 unspecified atom stereocenters. The third-order valence-corrected chi connectivity index (χ3v) is 6.82. The number of benzene rings is 3. The van der Waals surface area contributed by atoms with Crippen LogP contribution in [0.2, 0.25) is 0 Å². The van der Waals surface area contributed by atoms with Gasteiger partial charge in [0.2, 0.25) is 0 Å². The van der Waals surface area contributed by atoms with Crippen LogP contribution in [0.5, 0.6) is 17.2 Å². The van der Waals surface area contributed by atoms with Crippen LogP contribution in [0.4, 0.5) is 24.5 Å². The Bertz CT molecular complexity index is 1460. The number of hydrogen-bond donors (Lipinski definition) is 1. The number of anilines is 2. The first-order chi connectivity index (χ1) is 19.1. The number of nitrogens with one attached hydrogen (secondary N) is 1. The van der Waals surface area contributed by atoms with Crippen molar-refractivity contribution in [2.45, 2.75) is 13.1 Å². The first kappa shape index (κ1) is 29.0. The molecule has 0 spiro atoms. The fourth-order valence-corrected chi connectivity index (χ4v) is 4.99. The third-order valence-electron chi connectivity index (χ3n) is 5.52. The van der Waals surface area contributed by atoms with Gasteiger partial charge in [-0.05, 0) is 73.2 Å². The highest BCUT2D eigenvalue weighted by molar-refractivity contribution is 8.27. The van der Waals surface area contributed by atoms with Crippen LogP contribution in [0, 0.1) is 0 Å². The summed E-state index contributed by atoms with van der Waals surface area (Å²) in [5.74, 6) is 0.319. The minimum absolute atomic E-state index is 0.00393. The van der Waals surface area contributed by atoms with Crippen molar-refractivity contribution in [2.75, 3.05) is 30.5 Å². The lowest BCUT2D eigenvalue weighted by molar-refractivity contribution is -0.137. The van der Waals surface area contributed by atoms with Crippen LogP contribution in [-0.2, 0) is 15.8 Å². The molecule has 3 aromatic rings. The fraction of sp³-hybridized carbons (Fsp3) is 0.179. The number of amides is 2. The third kappa shape index (κ3) is 6.93. The average molecular weight is 589 g/mol. The van der Waals surface area contributed by atoms with Gasteiger partial charge < -0.3 is 19.5 Å². The van der Waals surface area contributed by atoms with E-state index < -0.39 is 24.3 Å². The van der Waals surface area contributed by atoms with E-state index in [2.05, 4.69) is 5.32 Å². The van der Waals surface area contributed by atoms with Crippen LogP contribution in [0.3, 0.4) is 0 Å². The van der Waals surface area contributed by atoms with Gasteiger partial charge in [0.1, 0.15) is 5.75 Å². The summed E-state index contributed by atoms with van der Waals surface area (Å²) in [7, 11) is 1.56. The Morgan fingerprint density at radius 3 is 2.48 bits per heavy atom. The van der Waals surface area contributed by atoms with Crippen LogP contribution in [-0.4, -0.2) is 36.5 Å². The number of thioether (sulfide) groups is 1. The number of carbonyl (C=O) groups is 2. The molecule has 1 heterocycles. The predicted octanol–water partition coefficient (Wildman–Crippen LogP) is 6.54. The normalized spacial score (nSPS) is 14.4. The second-order valence-corrected chi connectivity index (χ2v) is 9.95. The fourth-order valence-electron chi connectivity index (χ4n) is 3.69. The van der Waals surface area contributed by atoms with Gasteiger partial charge in [0, 0.05) is 5.69 Å². The van der Waals surface area contributed by atoms with Crippen LogP contribution in [0.15, 0.2) is 71.6 Å². The summed E-state index contributed by atoms with van der Waals surface area (Å²) in [6, 6.07) is 16.2. The second kappa shape index (κ2) is 12.4. The molecule has 0 aliphatic carbocycles. The van der Waals surface area contributed by atoms with Crippen molar-refractivity contribution in [2.24, 2.45) is 0 Å². The Morgan fingerprint density at radius 1 is 1.05 bits per heavy atom. The highest BCUT2D eigenvalue weighted by Gasteiger charge is 2.33. The Kier molecular flexibility index (Phi) is 9.00. The van der Waals surface area contributed by atoms with Crippen LogP contribution in [0.25, 0.3) is 6.08 Å². The predicted molar refractivity (Wildman–Crippen MR) is 152 cm³/mol. The number of carbonyl (C=O) groups excluding carboxylic acids is 2. The smallest absolute Gasteiger partial charge is 0.416 e. The van der Waals surface area contributed by atoms with Gasteiger partial charge >= 0.3 is 6.18 Å². The summed E-state index contributed by atoms with van der Waals surface area (Å²) >= 11 is 6.60. The van der Waals surface area contributed by atoms with Gasteiger partial charge in [-0.2, -0.15) is 13.2 Å². The zero-order valence-electron chi connectivity index (χ0n) is 21.3. The minimum atomic E-state index is -4.53. The van der Waals surface area contributed by atoms with Gasteiger partial charge in [-0.1, -0.05) is 36.1 Å². The Morgan fingerprint density at radius 2 is 1.80 bits per heavy atom. The maximum Gasteiger partial charge on any atom is 0.416 e. The second-order valence-electron chi connectivity index (χ2n) is 8.27. The van der Waals surface area contributed by atoms with Crippen LogP contribution >= 0.6 is 24.0 Å². The van der Waals surface area contributed by atoms with Crippen molar-refractivity contribution in [3.05, 3.63) is 82.8 Å². The molecule has 1 aliphatic rings. The first-order valence-electron chi connectivity index (χ1n) is 11.9. The van der Waals surface area contributed by atoms with Crippen molar-refractivity contribution < 1.29 is 37.0 Å². The molecule has 4 rings (SSSR count). The Hall–Kier alpha value is -4.03. The molecule has 1 N–H and O–H groups in total. The molecule has 40 heavy (non-hydrogen) atoms. The molecule has 208 valence electrons. The lowest BCUT2D eigenvalue weighted by atomic mass is 10.1. The van der Waals surface area contributed by atoms with E-state index in [1.165, 1.54) is 17.0 Å². The van der Waals surface area contributed by atoms with E-state index >= 15 is 0 Å². The summed E-state index contributed by atoms with van der Waals surface area (Å²) in [6.45, 7) is 1.61. The molecule has 1 aliphatic heterocycles. The minimum Gasteiger partial charge on any atom is -0.497 e. The highest BCUT2D eigenvalue weighted by atomic mass is 32.2. The maximum absolute atomic E-state index is 13.1. The summed E-state index contributed by atoms with van der Waals surface area (Å²) in [5.41, 5.74) is 0.380. The van der Waals surface area contributed by atoms with Crippen molar-refractivity contribution in [1.82, 2.24) is 0 Å². The number of hydrogen-bond acceptors (Lipinski definition) is 7. The lowest BCUT2D eigenvalue weighted by Crippen LogP contribution is -2.27. The van der Waals surface area contributed by atoms with Gasteiger partial charge in [-0.15, -0.1) is 0 Å². The number of alkyl halides is 3. The topological polar surface area (TPSA) is 77.1 Å². The molecule has 0 bridgehead atoms. The number of nitrogens with zero attached hydrogens (tertiary/aromatic N) is 1. The summed E-state index contributed by atoms with van der Waals surface area (Å²) in [4.78, 5) is 27.3. The number of ether oxygens (including phenoxy) is 3. The molecule has 0 aromatic heterocycles. The zero-order chi connectivity index (χ0) is 28.9. The first-order valence-corrected chi connectivity index (χ1v) is 13.1. The van der Waals surface area contributed by atoms with Crippen molar-refractivity contribution in [3.8, 4) is 17.2 Å². The molecule has 0 atom stereocenters. The zero-order valence-corrected chi connectivity index (χ0v) is 22.9. The molecule has 0 saturated carbocycles. The van der Waals surface area contributed by atoms with E-state index in [9.17, 15) is 22.8 Å². The van der Waals surface area contributed by atoms with Crippen LogP contribution in [0.1, 0.15) is 18.1 Å².